The first kappa shape index (κ1) is 20.1. The number of amides is 1. The number of halogens is 1. The Morgan fingerprint density at radius 3 is 2.60 bits per heavy atom. The molecule has 0 fully saturated rings. The first-order valence-electron chi connectivity index (χ1n) is 9.77. The van der Waals surface area contributed by atoms with Gasteiger partial charge in [-0.3, -0.25) is 4.79 Å². The molecule has 0 bridgehead atoms. The molecule has 1 aliphatic rings. The highest BCUT2D eigenvalue weighted by atomic mass is 35.5. The summed E-state index contributed by atoms with van der Waals surface area (Å²) in [6.45, 7) is 3.33. The van der Waals surface area contributed by atoms with Gasteiger partial charge >= 0.3 is 0 Å². The topological polar surface area (TPSA) is 56.8 Å². The molecule has 5 nitrogen and oxygen atoms in total. The summed E-state index contributed by atoms with van der Waals surface area (Å²) >= 11 is 6.15. The van der Waals surface area contributed by atoms with Crippen LogP contribution in [-0.4, -0.2) is 19.1 Å². The highest BCUT2D eigenvalue weighted by Gasteiger charge is 2.19. The first-order valence-corrected chi connectivity index (χ1v) is 10.1. The fraction of sp³-hybridized carbons (Fsp3) is 0.208. The van der Waals surface area contributed by atoms with E-state index in [0.717, 1.165) is 16.9 Å². The number of carbonyl (C=O) groups is 1. The van der Waals surface area contributed by atoms with Crippen LogP contribution in [0.2, 0.25) is 5.02 Å². The lowest BCUT2D eigenvalue weighted by atomic mass is 10.1. The molecule has 4 rings (SSSR count). The van der Waals surface area contributed by atoms with Crippen LogP contribution in [0.1, 0.15) is 34.5 Å². The minimum absolute atomic E-state index is 0.241. The largest absolute Gasteiger partial charge is 0.488 e. The second kappa shape index (κ2) is 9.09. The van der Waals surface area contributed by atoms with Crippen molar-refractivity contribution in [1.29, 1.82) is 0 Å². The summed E-state index contributed by atoms with van der Waals surface area (Å²) in [5, 5.41) is 3.48. The Morgan fingerprint density at radius 1 is 1.03 bits per heavy atom. The quantitative estimate of drug-likeness (QED) is 0.593. The minimum Gasteiger partial charge on any atom is -0.488 e. The zero-order valence-corrected chi connectivity index (χ0v) is 17.3. The van der Waals surface area contributed by atoms with Crippen LogP contribution in [0.5, 0.6) is 17.2 Å². The number of fused-ring (bicyclic) bond motifs is 1. The van der Waals surface area contributed by atoms with Crippen molar-refractivity contribution in [2.75, 3.05) is 13.2 Å². The molecule has 3 aromatic carbocycles. The van der Waals surface area contributed by atoms with E-state index in [-0.39, 0.29) is 11.9 Å². The van der Waals surface area contributed by atoms with E-state index >= 15 is 0 Å². The minimum atomic E-state index is -0.261. The van der Waals surface area contributed by atoms with Crippen molar-refractivity contribution in [3.63, 3.8) is 0 Å². The maximum absolute atomic E-state index is 13.0. The Kier molecular flexibility index (Phi) is 6.10. The van der Waals surface area contributed by atoms with Gasteiger partial charge in [-0.1, -0.05) is 48.0 Å². The predicted octanol–water partition coefficient (Wildman–Crippen LogP) is 5.18. The summed E-state index contributed by atoms with van der Waals surface area (Å²) in [5.74, 6) is 1.63. The van der Waals surface area contributed by atoms with Gasteiger partial charge in [0.05, 0.1) is 11.6 Å². The maximum atomic E-state index is 13.0. The maximum Gasteiger partial charge on any atom is 0.255 e. The van der Waals surface area contributed by atoms with Crippen LogP contribution < -0.4 is 19.5 Å². The van der Waals surface area contributed by atoms with Crippen molar-refractivity contribution in [2.45, 2.75) is 19.6 Å². The Labute approximate surface area is 180 Å². The summed E-state index contributed by atoms with van der Waals surface area (Å²) in [5.41, 5.74) is 2.33. The van der Waals surface area contributed by atoms with E-state index in [1.54, 1.807) is 18.2 Å². The third kappa shape index (κ3) is 4.69. The lowest BCUT2D eigenvalue weighted by molar-refractivity contribution is 0.0935. The van der Waals surface area contributed by atoms with E-state index in [1.165, 1.54) is 0 Å². The highest BCUT2D eigenvalue weighted by Crippen LogP contribution is 2.33. The summed E-state index contributed by atoms with van der Waals surface area (Å²) in [6, 6.07) is 20.3. The fourth-order valence-corrected chi connectivity index (χ4v) is 3.40. The Morgan fingerprint density at radius 2 is 1.80 bits per heavy atom. The smallest absolute Gasteiger partial charge is 0.255 e. The van der Waals surface area contributed by atoms with Crippen LogP contribution in [0.4, 0.5) is 0 Å². The molecule has 1 atom stereocenters. The lowest BCUT2D eigenvalue weighted by Crippen LogP contribution is -2.27. The fourth-order valence-electron chi connectivity index (χ4n) is 3.23. The SMILES string of the molecule is C[C@H](NC(=O)c1cc(Cl)ccc1OCc1ccccc1)c1ccc2c(c1)OCCO2. The standard InChI is InChI=1S/C24H22ClNO4/c1-16(18-7-9-22-23(13-18)29-12-11-28-22)26-24(27)20-14-19(25)8-10-21(20)30-15-17-5-3-2-4-6-17/h2-10,13-14,16H,11-12,15H2,1H3,(H,26,27)/t16-/m0/s1. The monoisotopic (exact) mass is 423 g/mol. The zero-order chi connectivity index (χ0) is 20.9. The molecule has 0 radical (unpaired) electrons. The zero-order valence-electron chi connectivity index (χ0n) is 16.6. The van der Waals surface area contributed by atoms with Crippen molar-refractivity contribution in [2.24, 2.45) is 0 Å². The number of hydrogen-bond acceptors (Lipinski definition) is 4. The second-order valence-electron chi connectivity index (χ2n) is 7.01. The first-order chi connectivity index (χ1) is 14.6. The van der Waals surface area contributed by atoms with E-state index in [1.807, 2.05) is 55.5 Å². The van der Waals surface area contributed by atoms with Gasteiger partial charge in [-0.2, -0.15) is 0 Å². The molecule has 1 N–H and O–H groups in total. The van der Waals surface area contributed by atoms with Gasteiger partial charge in [-0.25, -0.2) is 0 Å². The van der Waals surface area contributed by atoms with Crippen LogP contribution in [0, 0.1) is 0 Å². The molecule has 30 heavy (non-hydrogen) atoms. The molecule has 6 heteroatoms. The predicted molar refractivity (Wildman–Crippen MR) is 116 cm³/mol. The molecular weight excluding hydrogens is 402 g/mol. The highest BCUT2D eigenvalue weighted by molar-refractivity contribution is 6.31. The van der Waals surface area contributed by atoms with E-state index in [2.05, 4.69) is 5.32 Å². The van der Waals surface area contributed by atoms with Crippen LogP contribution in [0.3, 0.4) is 0 Å². The van der Waals surface area contributed by atoms with Gasteiger partial charge in [-0.15, -0.1) is 0 Å². The van der Waals surface area contributed by atoms with Crippen molar-refractivity contribution in [3.05, 3.63) is 88.4 Å². The van der Waals surface area contributed by atoms with Gasteiger partial charge in [0.25, 0.3) is 5.91 Å². The van der Waals surface area contributed by atoms with E-state index in [4.69, 9.17) is 25.8 Å². The number of benzene rings is 3. The van der Waals surface area contributed by atoms with E-state index in [9.17, 15) is 4.79 Å². The van der Waals surface area contributed by atoms with Crippen LogP contribution in [0.15, 0.2) is 66.7 Å². The normalized spacial score (nSPS) is 13.4. The van der Waals surface area contributed by atoms with Crippen LogP contribution in [0.25, 0.3) is 0 Å². The van der Waals surface area contributed by atoms with Crippen molar-refractivity contribution >= 4 is 17.5 Å². The van der Waals surface area contributed by atoms with Gasteiger partial charge in [0.15, 0.2) is 11.5 Å². The van der Waals surface area contributed by atoms with Crippen LogP contribution >= 0.6 is 11.6 Å². The molecule has 1 aliphatic heterocycles. The molecule has 0 spiro atoms. The van der Waals surface area contributed by atoms with Gasteiger partial charge in [0, 0.05) is 5.02 Å². The molecule has 1 amide bonds. The molecule has 0 saturated heterocycles. The Hall–Kier alpha value is -3.18. The van der Waals surface area contributed by atoms with Crippen molar-refractivity contribution in [1.82, 2.24) is 5.32 Å². The van der Waals surface area contributed by atoms with E-state index < -0.39 is 0 Å². The summed E-state index contributed by atoms with van der Waals surface area (Å²) in [6.07, 6.45) is 0. The van der Waals surface area contributed by atoms with Crippen molar-refractivity contribution < 1.29 is 19.0 Å². The molecular formula is C24H22ClNO4. The van der Waals surface area contributed by atoms with Gasteiger partial charge < -0.3 is 19.5 Å². The number of nitrogens with one attached hydrogen (secondary N) is 1. The molecule has 0 saturated carbocycles. The Balaban J connectivity index is 1.49. The molecule has 3 aromatic rings. The van der Waals surface area contributed by atoms with Gasteiger partial charge in [0.2, 0.25) is 0 Å². The third-order valence-electron chi connectivity index (χ3n) is 4.84. The molecule has 0 aromatic heterocycles. The molecule has 0 unspecified atom stereocenters. The number of hydrogen-bond donors (Lipinski definition) is 1. The van der Waals surface area contributed by atoms with Crippen LogP contribution in [-0.2, 0) is 6.61 Å². The number of rotatable bonds is 6. The van der Waals surface area contributed by atoms with Gasteiger partial charge in [-0.05, 0) is 48.4 Å². The summed E-state index contributed by atoms with van der Waals surface area (Å²) in [4.78, 5) is 13.0. The summed E-state index contributed by atoms with van der Waals surface area (Å²) in [7, 11) is 0. The van der Waals surface area contributed by atoms with E-state index in [0.29, 0.717) is 41.9 Å². The molecule has 1 heterocycles. The average Bonchev–Trinajstić information content (AvgIpc) is 2.78. The Bertz CT molecular complexity index is 1040. The lowest BCUT2D eigenvalue weighted by Gasteiger charge is -2.21. The van der Waals surface area contributed by atoms with Crippen molar-refractivity contribution in [3.8, 4) is 17.2 Å². The summed E-state index contributed by atoms with van der Waals surface area (Å²) < 4.78 is 17.1. The number of carbonyl (C=O) groups excluding carboxylic acids is 1. The average molecular weight is 424 g/mol. The van der Waals surface area contributed by atoms with Gasteiger partial charge in [0.1, 0.15) is 25.6 Å². The molecule has 0 aliphatic carbocycles. The number of ether oxygens (including phenoxy) is 3. The second-order valence-corrected chi connectivity index (χ2v) is 7.45. The molecule has 154 valence electrons. The third-order valence-corrected chi connectivity index (χ3v) is 5.07.